The van der Waals surface area contributed by atoms with Gasteiger partial charge in [-0.2, -0.15) is 0 Å². The highest BCUT2D eigenvalue weighted by Gasteiger charge is 2.42. The summed E-state index contributed by atoms with van der Waals surface area (Å²) < 4.78 is 0. The largest absolute Gasteiger partial charge is 0.481 e. The Bertz CT molecular complexity index is 324. The standard InChI is InChI=1S/C13H19NO3/c1-2-3-6-9-14-11(15)10-13(12(16)17)7-4-5-8-13/h1H,3-10H2,(H,14,15)(H,16,17). The summed E-state index contributed by atoms with van der Waals surface area (Å²) in [5.74, 6) is 1.48. The number of hydrogen-bond donors (Lipinski definition) is 2. The van der Waals surface area contributed by atoms with Crippen LogP contribution in [0.1, 0.15) is 44.9 Å². The zero-order valence-electron chi connectivity index (χ0n) is 10.00. The molecule has 0 radical (unpaired) electrons. The molecule has 1 rings (SSSR count). The van der Waals surface area contributed by atoms with Crippen LogP contribution >= 0.6 is 0 Å². The maximum Gasteiger partial charge on any atom is 0.310 e. The van der Waals surface area contributed by atoms with Crippen molar-refractivity contribution in [2.24, 2.45) is 5.41 Å². The van der Waals surface area contributed by atoms with Crippen LogP contribution in [0.5, 0.6) is 0 Å². The summed E-state index contributed by atoms with van der Waals surface area (Å²) in [6.07, 6.45) is 9.58. The van der Waals surface area contributed by atoms with E-state index in [9.17, 15) is 14.7 Å². The van der Waals surface area contributed by atoms with Crippen molar-refractivity contribution in [2.75, 3.05) is 6.54 Å². The van der Waals surface area contributed by atoms with Crippen LogP contribution in [0, 0.1) is 17.8 Å². The topological polar surface area (TPSA) is 66.4 Å². The van der Waals surface area contributed by atoms with E-state index in [0.29, 0.717) is 25.8 Å². The third-order valence-electron chi connectivity index (χ3n) is 3.33. The predicted molar refractivity (Wildman–Crippen MR) is 64.2 cm³/mol. The lowest BCUT2D eigenvalue weighted by Crippen LogP contribution is -2.36. The van der Waals surface area contributed by atoms with Crippen molar-refractivity contribution in [3.8, 4) is 12.3 Å². The molecule has 0 heterocycles. The number of unbranched alkanes of at least 4 members (excludes halogenated alkanes) is 1. The molecule has 94 valence electrons. The molecule has 1 saturated carbocycles. The van der Waals surface area contributed by atoms with Crippen LogP contribution in [0.4, 0.5) is 0 Å². The molecule has 0 bridgehead atoms. The first-order valence-corrected chi connectivity index (χ1v) is 6.04. The van der Waals surface area contributed by atoms with E-state index in [1.165, 1.54) is 0 Å². The predicted octanol–water partition coefficient (Wildman–Crippen LogP) is 1.55. The number of carbonyl (C=O) groups excluding carboxylic acids is 1. The Hall–Kier alpha value is -1.50. The number of amides is 1. The third-order valence-corrected chi connectivity index (χ3v) is 3.33. The number of rotatable bonds is 6. The Kier molecular flexibility index (Phi) is 5.02. The van der Waals surface area contributed by atoms with Crippen LogP contribution in [-0.2, 0) is 9.59 Å². The minimum Gasteiger partial charge on any atom is -0.481 e. The molecule has 0 aromatic heterocycles. The number of carbonyl (C=O) groups is 2. The second-order valence-corrected chi connectivity index (χ2v) is 4.63. The van der Waals surface area contributed by atoms with Crippen molar-refractivity contribution in [3.05, 3.63) is 0 Å². The Balaban J connectivity index is 2.38. The van der Waals surface area contributed by atoms with Gasteiger partial charge in [-0.25, -0.2) is 0 Å². The Morgan fingerprint density at radius 3 is 2.53 bits per heavy atom. The summed E-state index contributed by atoms with van der Waals surface area (Å²) in [5, 5.41) is 11.9. The molecule has 0 unspecified atom stereocenters. The second kappa shape index (κ2) is 6.29. The molecule has 1 aliphatic rings. The van der Waals surface area contributed by atoms with E-state index in [4.69, 9.17) is 6.42 Å². The summed E-state index contributed by atoms with van der Waals surface area (Å²) in [5.41, 5.74) is -0.823. The number of carboxylic acids is 1. The molecule has 1 aliphatic carbocycles. The molecular weight excluding hydrogens is 218 g/mol. The molecule has 0 spiro atoms. The van der Waals surface area contributed by atoms with Gasteiger partial charge in [0.2, 0.25) is 5.91 Å². The Labute approximate surface area is 102 Å². The molecule has 4 heteroatoms. The maximum atomic E-state index is 11.6. The number of hydrogen-bond acceptors (Lipinski definition) is 2. The van der Waals surface area contributed by atoms with Gasteiger partial charge in [-0.05, 0) is 19.3 Å². The third kappa shape index (κ3) is 3.77. The highest BCUT2D eigenvalue weighted by molar-refractivity contribution is 5.85. The summed E-state index contributed by atoms with van der Waals surface area (Å²) in [6.45, 7) is 0.527. The highest BCUT2D eigenvalue weighted by atomic mass is 16.4. The van der Waals surface area contributed by atoms with Crippen molar-refractivity contribution in [2.45, 2.75) is 44.9 Å². The zero-order valence-corrected chi connectivity index (χ0v) is 10.00. The molecule has 1 amide bonds. The second-order valence-electron chi connectivity index (χ2n) is 4.63. The molecule has 0 aromatic carbocycles. The fraction of sp³-hybridized carbons (Fsp3) is 0.692. The van der Waals surface area contributed by atoms with E-state index >= 15 is 0 Å². The quantitative estimate of drug-likeness (QED) is 0.544. The lowest BCUT2D eigenvalue weighted by atomic mass is 9.82. The van der Waals surface area contributed by atoms with Crippen molar-refractivity contribution < 1.29 is 14.7 Å². The fourth-order valence-electron chi connectivity index (χ4n) is 2.31. The first kappa shape index (κ1) is 13.6. The van der Waals surface area contributed by atoms with Crippen molar-refractivity contribution in [1.82, 2.24) is 5.32 Å². The summed E-state index contributed by atoms with van der Waals surface area (Å²) >= 11 is 0. The SMILES string of the molecule is C#CCCCNC(=O)CC1(C(=O)O)CCCC1. The number of aliphatic carboxylic acids is 1. The smallest absolute Gasteiger partial charge is 0.310 e. The highest BCUT2D eigenvalue weighted by Crippen LogP contribution is 2.41. The van der Waals surface area contributed by atoms with Gasteiger partial charge in [0.1, 0.15) is 0 Å². The average Bonchev–Trinajstić information content (AvgIpc) is 2.74. The van der Waals surface area contributed by atoms with E-state index in [0.717, 1.165) is 19.3 Å². The van der Waals surface area contributed by atoms with Gasteiger partial charge in [0.25, 0.3) is 0 Å². The summed E-state index contributed by atoms with van der Waals surface area (Å²) in [6, 6.07) is 0. The van der Waals surface area contributed by atoms with Crippen LogP contribution in [0.3, 0.4) is 0 Å². The first-order chi connectivity index (χ1) is 8.10. The van der Waals surface area contributed by atoms with E-state index in [2.05, 4.69) is 11.2 Å². The van der Waals surface area contributed by atoms with Gasteiger partial charge in [0.05, 0.1) is 5.41 Å². The van der Waals surface area contributed by atoms with Gasteiger partial charge < -0.3 is 10.4 Å². The van der Waals surface area contributed by atoms with Crippen LogP contribution in [0.25, 0.3) is 0 Å². The molecule has 2 N–H and O–H groups in total. The van der Waals surface area contributed by atoms with Gasteiger partial charge in [-0.3, -0.25) is 9.59 Å². The van der Waals surface area contributed by atoms with Crippen molar-refractivity contribution in [3.63, 3.8) is 0 Å². The Morgan fingerprint density at radius 2 is 2.00 bits per heavy atom. The van der Waals surface area contributed by atoms with Gasteiger partial charge in [0.15, 0.2) is 0 Å². The minimum absolute atomic E-state index is 0.0956. The van der Waals surface area contributed by atoms with Gasteiger partial charge in [-0.1, -0.05) is 12.8 Å². The average molecular weight is 237 g/mol. The van der Waals surface area contributed by atoms with E-state index in [1.54, 1.807) is 0 Å². The molecule has 1 fully saturated rings. The molecule has 0 aliphatic heterocycles. The normalized spacial score (nSPS) is 17.4. The van der Waals surface area contributed by atoms with Crippen LogP contribution in [-0.4, -0.2) is 23.5 Å². The van der Waals surface area contributed by atoms with Gasteiger partial charge in [-0.15, -0.1) is 12.3 Å². The molecule has 4 nitrogen and oxygen atoms in total. The van der Waals surface area contributed by atoms with Crippen LogP contribution in [0.15, 0.2) is 0 Å². The lowest BCUT2D eigenvalue weighted by molar-refractivity contribution is -0.151. The molecule has 0 atom stereocenters. The first-order valence-electron chi connectivity index (χ1n) is 6.04. The zero-order chi connectivity index (χ0) is 12.7. The van der Waals surface area contributed by atoms with E-state index in [1.807, 2.05) is 0 Å². The molecular formula is C13H19NO3. The number of carboxylic acid groups (broad SMARTS) is 1. The summed E-state index contributed by atoms with van der Waals surface area (Å²) in [4.78, 5) is 22.9. The number of terminal acetylenes is 1. The number of nitrogens with one attached hydrogen (secondary N) is 1. The summed E-state index contributed by atoms with van der Waals surface area (Å²) in [7, 11) is 0. The van der Waals surface area contributed by atoms with Crippen molar-refractivity contribution >= 4 is 11.9 Å². The fourth-order valence-corrected chi connectivity index (χ4v) is 2.31. The van der Waals surface area contributed by atoms with Crippen LogP contribution in [0.2, 0.25) is 0 Å². The van der Waals surface area contributed by atoms with Gasteiger partial charge >= 0.3 is 5.97 Å². The molecule has 17 heavy (non-hydrogen) atoms. The molecule has 0 saturated heterocycles. The van der Waals surface area contributed by atoms with Crippen LogP contribution < -0.4 is 5.32 Å². The monoisotopic (exact) mass is 237 g/mol. The Morgan fingerprint density at radius 1 is 1.35 bits per heavy atom. The van der Waals surface area contributed by atoms with E-state index in [-0.39, 0.29) is 12.3 Å². The maximum absolute atomic E-state index is 11.6. The molecule has 0 aromatic rings. The lowest BCUT2D eigenvalue weighted by Gasteiger charge is -2.22. The van der Waals surface area contributed by atoms with E-state index < -0.39 is 11.4 Å². The van der Waals surface area contributed by atoms with Crippen molar-refractivity contribution in [1.29, 1.82) is 0 Å². The van der Waals surface area contributed by atoms with Gasteiger partial charge in [0, 0.05) is 19.4 Å². The minimum atomic E-state index is -0.839.